The number of ether oxygens (including phenoxy) is 1. The third-order valence-electron chi connectivity index (χ3n) is 5.59. The number of likely N-dealkylation sites (tertiary alicyclic amines) is 1. The zero-order chi connectivity index (χ0) is 23.3. The van der Waals surface area contributed by atoms with E-state index in [4.69, 9.17) is 4.74 Å². The first kappa shape index (κ1) is 23.9. The van der Waals surface area contributed by atoms with Crippen LogP contribution in [0.4, 0.5) is 18.0 Å². The molecular formula is C24H30F3N3O2. The number of carbonyl (C=O) groups is 1. The number of piperidine rings is 1. The van der Waals surface area contributed by atoms with Gasteiger partial charge in [-0.1, -0.05) is 12.1 Å². The molecule has 2 amide bonds. The van der Waals surface area contributed by atoms with Crippen LogP contribution in [0.2, 0.25) is 0 Å². The van der Waals surface area contributed by atoms with Crippen molar-refractivity contribution < 1.29 is 22.7 Å². The molecule has 0 unspecified atom stereocenters. The summed E-state index contributed by atoms with van der Waals surface area (Å²) in [5.41, 5.74) is 0.426. The number of nitrogens with one attached hydrogen (secondary N) is 1. The maximum atomic E-state index is 14.0. The number of halogens is 3. The number of hydrogen-bond donors (Lipinski definition) is 1. The van der Waals surface area contributed by atoms with Gasteiger partial charge in [0.25, 0.3) is 0 Å². The molecule has 0 spiro atoms. The Bertz CT molecular complexity index is 913. The molecule has 1 saturated heterocycles. The molecule has 5 nitrogen and oxygen atoms in total. The minimum Gasteiger partial charge on any atom is -0.491 e. The van der Waals surface area contributed by atoms with Gasteiger partial charge in [-0.3, -0.25) is 0 Å². The summed E-state index contributed by atoms with van der Waals surface area (Å²) in [6, 6.07) is 8.65. The molecule has 174 valence electrons. The van der Waals surface area contributed by atoms with E-state index in [-0.39, 0.29) is 12.1 Å². The van der Waals surface area contributed by atoms with Crippen LogP contribution in [0.15, 0.2) is 36.4 Å². The molecule has 1 heterocycles. The second-order valence-corrected chi connectivity index (χ2v) is 8.45. The molecule has 1 aliphatic rings. The van der Waals surface area contributed by atoms with Gasteiger partial charge in [-0.05, 0) is 76.7 Å². The van der Waals surface area contributed by atoms with Crippen molar-refractivity contribution in [3.8, 4) is 5.75 Å². The average molecular weight is 450 g/mol. The molecule has 0 aliphatic carbocycles. The van der Waals surface area contributed by atoms with Gasteiger partial charge in [0.05, 0.1) is 12.6 Å². The topological polar surface area (TPSA) is 44.8 Å². The predicted molar refractivity (Wildman–Crippen MR) is 117 cm³/mol. The van der Waals surface area contributed by atoms with E-state index in [0.717, 1.165) is 49.4 Å². The molecule has 0 aromatic heterocycles. The molecule has 2 aromatic rings. The monoisotopic (exact) mass is 449 g/mol. The highest BCUT2D eigenvalue weighted by Crippen LogP contribution is 2.21. The van der Waals surface area contributed by atoms with E-state index in [9.17, 15) is 18.0 Å². The number of rotatable bonds is 7. The van der Waals surface area contributed by atoms with Gasteiger partial charge < -0.3 is 19.9 Å². The highest BCUT2D eigenvalue weighted by Gasteiger charge is 2.27. The number of urea groups is 1. The lowest BCUT2D eigenvalue weighted by Crippen LogP contribution is -2.49. The standard InChI is InChI=1S/C24H30F3N3O2/c1-16(2)32-19-6-4-17(5-7-19)15-30(18-10-12-29(3)13-11-18)24(31)28-14-20-21(25)8-9-22(26)23(20)27/h4-9,16,18H,10-15H2,1-3H3,(H,28,31). The Balaban J connectivity index is 1.73. The van der Waals surface area contributed by atoms with Gasteiger partial charge in [-0.15, -0.1) is 0 Å². The molecule has 1 N–H and O–H groups in total. The van der Waals surface area contributed by atoms with Gasteiger partial charge in [0.2, 0.25) is 0 Å². The fourth-order valence-electron chi connectivity index (χ4n) is 3.81. The zero-order valence-corrected chi connectivity index (χ0v) is 18.7. The number of benzene rings is 2. The number of carbonyl (C=O) groups excluding carboxylic acids is 1. The second-order valence-electron chi connectivity index (χ2n) is 8.45. The summed E-state index contributed by atoms with van der Waals surface area (Å²) in [6.07, 6.45) is 1.65. The van der Waals surface area contributed by atoms with Gasteiger partial charge in [0.1, 0.15) is 11.6 Å². The molecule has 8 heteroatoms. The smallest absolute Gasteiger partial charge is 0.318 e. The summed E-state index contributed by atoms with van der Waals surface area (Å²) in [5.74, 6) is -2.57. The summed E-state index contributed by atoms with van der Waals surface area (Å²) in [7, 11) is 2.03. The lowest BCUT2D eigenvalue weighted by atomic mass is 10.0. The first-order chi connectivity index (χ1) is 15.2. The van der Waals surface area contributed by atoms with Crippen LogP contribution in [0.1, 0.15) is 37.8 Å². The fraction of sp³-hybridized carbons (Fsp3) is 0.458. The van der Waals surface area contributed by atoms with Crippen LogP contribution in [0.3, 0.4) is 0 Å². The molecular weight excluding hydrogens is 419 g/mol. The van der Waals surface area contributed by atoms with Crippen LogP contribution in [0, 0.1) is 17.5 Å². The third-order valence-corrected chi connectivity index (χ3v) is 5.59. The fourth-order valence-corrected chi connectivity index (χ4v) is 3.81. The van der Waals surface area contributed by atoms with E-state index in [2.05, 4.69) is 10.2 Å². The maximum absolute atomic E-state index is 14.0. The highest BCUT2D eigenvalue weighted by atomic mass is 19.2. The molecule has 1 fully saturated rings. The molecule has 32 heavy (non-hydrogen) atoms. The highest BCUT2D eigenvalue weighted by molar-refractivity contribution is 5.74. The summed E-state index contributed by atoms with van der Waals surface area (Å²) >= 11 is 0. The van der Waals surface area contributed by atoms with Crippen molar-refractivity contribution in [1.29, 1.82) is 0 Å². The Morgan fingerprint density at radius 1 is 1.09 bits per heavy atom. The van der Waals surface area contributed by atoms with Crippen LogP contribution in [0.25, 0.3) is 0 Å². The van der Waals surface area contributed by atoms with E-state index < -0.39 is 35.6 Å². The van der Waals surface area contributed by atoms with Crippen molar-refractivity contribution >= 4 is 6.03 Å². The van der Waals surface area contributed by atoms with Gasteiger partial charge in [-0.25, -0.2) is 18.0 Å². The summed E-state index contributed by atoms with van der Waals surface area (Å²) < 4.78 is 47.1. The van der Waals surface area contributed by atoms with Crippen LogP contribution >= 0.6 is 0 Å². The second kappa shape index (κ2) is 10.7. The van der Waals surface area contributed by atoms with Gasteiger partial charge in [-0.2, -0.15) is 0 Å². The summed E-state index contributed by atoms with van der Waals surface area (Å²) in [6.45, 7) is 5.51. The molecule has 0 saturated carbocycles. The van der Waals surface area contributed by atoms with Crippen molar-refractivity contribution in [3.05, 3.63) is 65.0 Å². The van der Waals surface area contributed by atoms with Crippen molar-refractivity contribution in [2.24, 2.45) is 0 Å². The lowest BCUT2D eigenvalue weighted by Gasteiger charge is -2.37. The molecule has 1 aliphatic heterocycles. The average Bonchev–Trinajstić information content (AvgIpc) is 2.76. The van der Waals surface area contributed by atoms with E-state index in [1.807, 2.05) is 45.2 Å². The van der Waals surface area contributed by atoms with Gasteiger partial charge >= 0.3 is 6.03 Å². The maximum Gasteiger partial charge on any atom is 0.318 e. The van der Waals surface area contributed by atoms with Crippen molar-refractivity contribution in [3.63, 3.8) is 0 Å². The SMILES string of the molecule is CC(C)Oc1ccc(CN(C(=O)NCc2c(F)ccc(F)c2F)C2CCN(C)CC2)cc1. The number of nitrogens with zero attached hydrogens (tertiary/aromatic N) is 2. The largest absolute Gasteiger partial charge is 0.491 e. The van der Waals surface area contributed by atoms with Crippen LogP contribution in [-0.4, -0.2) is 48.1 Å². The van der Waals surface area contributed by atoms with Gasteiger partial charge in [0, 0.05) is 18.2 Å². The minimum atomic E-state index is -1.28. The summed E-state index contributed by atoms with van der Waals surface area (Å²) in [5, 5.41) is 2.58. The van der Waals surface area contributed by atoms with E-state index in [1.54, 1.807) is 4.90 Å². The van der Waals surface area contributed by atoms with Crippen molar-refractivity contribution in [1.82, 2.24) is 15.1 Å². The normalized spacial score (nSPS) is 15.1. The molecule has 0 radical (unpaired) electrons. The number of hydrogen-bond acceptors (Lipinski definition) is 3. The van der Waals surface area contributed by atoms with Crippen molar-refractivity contribution in [2.75, 3.05) is 20.1 Å². The first-order valence-electron chi connectivity index (χ1n) is 10.9. The third kappa shape index (κ3) is 6.16. The lowest BCUT2D eigenvalue weighted by molar-refractivity contribution is 0.127. The first-order valence-corrected chi connectivity index (χ1v) is 10.9. The van der Waals surface area contributed by atoms with Gasteiger partial charge in [0.15, 0.2) is 11.6 Å². The molecule has 2 aromatic carbocycles. The molecule has 3 rings (SSSR count). The molecule has 0 bridgehead atoms. The quantitative estimate of drug-likeness (QED) is 0.624. The van der Waals surface area contributed by atoms with E-state index in [1.165, 1.54) is 0 Å². The van der Waals surface area contributed by atoms with Crippen LogP contribution in [0.5, 0.6) is 5.75 Å². The number of amides is 2. The Hall–Kier alpha value is -2.74. The van der Waals surface area contributed by atoms with Crippen LogP contribution < -0.4 is 10.1 Å². The van der Waals surface area contributed by atoms with E-state index in [0.29, 0.717) is 6.54 Å². The Kier molecular flexibility index (Phi) is 8.01. The minimum absolute atomic E-state index is 0.0139. The van der Waals surface area contributed by atoms with E-state index >= 15 is 0 Å². The Morgan fingerprint density at radius 3 is 2.34 bits per heavy atom. The molecule has 0 atom stereocenters. The summed E-state index contributed by atoms with van der Waals surface area (Å²) in [4.78, 5) is 17.0. The zero-order valence-electron chi connectivity index (χ0n) is 18.7. The Labute approximate surface area is 187 Å². The van der Waals surface area contributed by atoms with Crippen molar-refractivity contribution in [2.45, 2.75) is 51.9 Å². The van der Waals surface area contributed by atoms with Crippen LogP contribution in [-0.2, 0) is 13.1 Å². The Morgan fingerprint density at radius 2 is 1.72 bits per heavy atom. The predicted octanol–water partition coefficient (Wildman–Crippen LogP) is 4.70.